The van der Waals surface area contributed by atoms with Gasteiger partial charge < -0.3 is 10.1 Å². The van der Waals surface area contributed by atoms with Crippen LogP contribution in [0.25, 0.3) is 16.9 Å². The maximum atomic E-state index is 5.20. The van der Waals surface area contributed by atoms with Crippen LogP contribution < -0.4 is 10.7 Å². The first-order valence-corrected chi connectivity index (χ1v) is 9.37. The molecule has 2 aromatic carbocycles. The van der Waals surface area contributed by atoms with Gasteiger partial charge in [-0.15, -0.1) is 0 Å². The summed E-state index contributed by atoms with van der Waals surface area (Å²) in [4.78, 5) is 0. The number of hydrazone groups is 1. The molecule has 0 aliphatic rings. The van der Waals surface area contributed by atoms with Crippen LogP contribution in [-0.2, 0) is 4.74 Å². The lowest BCUT2D eigenvalue weighted by atomic mass is 10.1. The first-order chi connectivity index (χ1) is 13.7. The van der Waals surface area contributed by atoms with Crippen LogP contribution in [0.1, 0.15) is 11.1 Å². The maximum absolute atomic E-state index is 5.20. The van der Waals surface area contributed by atoms with Crippen LogP contribution in [-0.4, -0.2) is 41.4 Å². The van der Waals surface area contributed by atoms with Gasteiger partial charge in [0, 0.05) is 31.0 Å². The fourth-order valence-electron chi connectivity index (χ4n) is 2.71. The third-order valence-electron chi connectivity index (χ3n) is 4.11. The van der Waals surface area contributed by atoms with Gasteiger partial charge in [-0.1, -0.05) is 48.5 Å². The van der Waals surface area contributed by atoms with Crippen LogP contribution in [0.2, 0.25) is 0 Å². The molecule has 0 unspecified atom stereocenters. The van der Waals surface area contributed by atoms with Gasteiger partial charge in [0.15, 0.2) is 5.11 Å². The largest absolute Gasteiger partial charge is 0.383 e. The Hall–Kier alpha value is -3.03. The molecule has 0 spiro atoms. The summed E-state index contributed by atoms with van der Waals surface area (Å²) in [7, 11) is 1.65. The molecule has 28 heavy (non-hydrogen) atoms. The highest BCUT2D eigenvalue weighted by Gasteiger charge is 2.11. The van der Waals surface area contributed by atoms with Crippen LogP contribution in [0, 0.1) is 6.92 Å². The minimum atomic E-state index is 0.445. The lowest BCUT2D eigenvalue weighted by molar-refractivity contribution is 0.204. The zero-order valence-electron chi connectivity index (χ0n) is 15.9. The zero-order chi connectivity index (χ0) is 19.8. The van der Waals surface area contributed by atoms with Crippen molar-refractivity contribution < 1.29 is 4.74 Å². The number of hydrogen-bond donors (Lipinski definition) is 2. The van der Waals surface area contributed by atoms with Crippen molar-refractivity contribution in [2.75, 3.05) is 20.3 Å². The van der Waals surface area contributed by atoms with Crippen LogP contribution in [0.4, 0.5) is 0 Å². The fourth-order valence-corrected chi connectivity index (χ4v) is 2.87. The van der Waals surface area contributed by atoms with E-state index in [0.717, 1.165) is 28.1 Å². The molecule has 3 aromatic rings. The maximum Gasteiger partial charge on any atom is 0.187 e. The van der Waals surface area contributed by atoms with E-state index in [1.807, 2.05) is 59.4 Å². The molecule has 0 fully saturated rings. The van der Waals surface area contributed by atoms with E-state index in [9.17, 15) is 0 Å². The third kappa shape index (κ3) is 5.03. The molecule has 144 valence electrons. The lowest BCUT2D eigenvalue weighted by Crippen LogP contribution is -2.34. The second kappa shape index (κ2) is 9.77. The van der Waals surface area contributed by atoms with E-state index >= 15 is 0 Å². The standard InChI is InChI=1S/C21H23N5OS/c1-16-8-6-7-11-19(16)26-15-18(14-23-24-21(28)22-12-13-27-2)20(25-26)17-9-4-3-5-10-17/h3-11,14-15H,12-13H2,1-2H3,(H2,22,24,28)/b23-14-. The van der Waals surface area contributed by atoms with Crippen molar-refractivity contribution in [3.63, 3.8) is 0 Å². The molecule has 0 aliphatic carbocycles. The highest BCUT2D eigenvalue weighted by Crippen LogP contribution is 2.23. The summed E-state index contributed by atoms with van der Waals surface area (Å²) in [6, 6.07) is 18.2. The summed E-state index contributed by atoms with van der Waals surface area (Å²) in [5.74, 6) is 0. The average molecular weight is 394 g/mol. The molecule has 1 aromatic heterocycles. The highest BCUT2D eigenvalue weighted by atomic mass is 32.1. The van der Waals surface area contributed by atoms with E-state index in [0.29, 0.717) is 18.3 Å². The van der Waals surface area contributed by atoms with Crippen LogP contribution in [0.15, 0.2) is 65.9 Å². The molecule has 0 atom stereocenters. The molecule has 2 N–H and O–H groups in total. The van der Waals surface area contributed by atoms with E-state index in [4.69, 9.17) is 22.1 Å². The van der Waals surface area contributed by atoms with E-state index in [1.165, 1.54) is 0 Å². The SMILES string of the molecule is COCCNC(=S)N/N=C\c1cn(-c2ccccc2C)nc1-c1ccccc1. The van der Waals surface area contributed by atoms with Gasteiger partial charge in [-0.05, 0) is 30.8 Å². The van der Waals surface area contributed by atoms with Crippen molar-refractivity contribution in [1.82, 2.24) is 20.5 Å². The topological polar surface area (TPSA) is 63.5 Å². The van der Waals surface area contributed by atoms with Gasteiger partial charge in [-0.3, -0.25) is 5.43 Å². The number of rotatable bonds is 7. The quantitative estimate of drug-likeness (QED) is 0.279. The molecule has 3 rings (SSSR count). The Kier molecular flexibility index (Phi) is 6.89. The summed E-state index contributed by atoms with van der Waals surface area (Å²) >= 11 is 5.20. The van der Waals surface area contributed by atoms with Crippen LogP contribution in [0.5, 0.6) is 0 Å². The Bertz CT molecular complexity index is 952. The minimum absolute atomic E-state index is 0.445. The molecule has 0 amide bonds. The van der Waals surface area contributed by atoms with Crippen LogP contribution in [0.3, 0.4) is 0 Å². The Morgan fingerprint density at radius 1 is 1.18 bits per heavy atom. The van der Waals surface area contributed by atoms with Crippen molar-refractivity contribution in [2.24, 2.45) is 5.10 Å². The zero-order valence-corrected chi connectivity index (χ0v) is 16.7. The van der Waals surface area contributed by atoms with Gasteiger partial charge in [-0.25, -0.2) is 4.68 Å². The van der Waals surface area contributed by atoms with Gasteiger partial charge in [0.05, 0.1) is 18.5 Å². The molecular weight excluding hydrogens is 370 g/mol. The molecule has 0 saturated heterocycles. The molecular formula is C21H23N5OS. The molecule has 0 bridgehead atoms. The predicted molar refractivity (Wildman–Crippen MR) is 117 cm³/mol. The number of para-hydroxylation sites is 1. The molecule has 7 heteroatoms. The normalized spacial score (nSPS) is 10.9. The number of aromatic nitrogens is 2. The van der Waals surface area contributed by atoms with E-state index in [1.54, 1.807) is 13.3 Å². The molecule has 0 saturated carbocycles. The number of aryl methyl sites for hydroxylation is 1. The molecule has 0 radical (unpaired) electrons. The van der Waals surface area contributed by atoms with Crippen molar-refractivity contribution in [1.29, 1.82) is 0 Å². The first-order valence-electron chi connectivity index (χ1n) is 8.96. The summed E-state index contributed by atoms with van der Waals surface area (Å²) < 4.78 is 6.87. The predicted octanol–water partition coefficient (Wildman–Crippen LogP) is 3.29. The Balaban J connectivity index is 1.86. The van der Waals surface area contributed by atoms with Gasteiger partial charge in [0.25, 0.3) is 0 Å². The van der Waals surface area contributed by atoms with Crippen molar-refractivity contribution >= 4 is 23.5 Å². The lowest BCUT2D eigenvalue weighted by Gasteiger charge is -2.05. The summed E-state index contributed by atoms with van der Waals surface area (Å²) in [5, 5.41) is 12.5. The Morgan fingerprint density at radius 2 is 1.93 bits per heavy atom. The number of hydrogen-bond acceptors (Lipinski definition) is 4. The van der Waals surface area contributed by atoms with Gasteiger partial charge >= 0.3 is 0 Å². The molecule has 6 nitrogen and oxygen atoms in total. The van der Waals surface area contributed by atoms with Crippen molar-refractivity contribution in [3.8, 4) is 16.9 Å². The molecule has 1 heterocycles. The third-order valence-corrected chi connectivity index (χ3v) is 4.35. The van der Waals surface area contributed by atoms with Crippen molar-refractivity contribution in [2.45, 2.75) is 6.92 Å². The number of methoxy groups -OCH3 is 1. The first kappa shape index (κ1) is 19.7. The number of nitrogens with one attached hydrogen (secondary N) is 2. The van der Waals surface area contributed by atoms with Crippen LogP contribution >= 0.6 is 12.2 Å². The molecule has 0 aliphatic heterocycles. The number of nitrogens with zero attached hydrogens (tertiary/aromatic N) is 3. The minimum Gasteiger partial charge on any atom is -0.383 e. The summed E-state index contributed by atoms with van der Waals surface area (Å²) in [5.41, 5.74) is 7.78. The Morgan fingerprint density at radius 3 is 2.68 bits per heavy atom. The smallest absolute Gasteiger partial charge is 0.187 e. The number of thiocarbonyl (C=S) groups is 1. The van der Waals surface area contributed by atoms with Gasteiger partial charge in [0.1, 0.15) is 5.69 Å². The second-order valence-corrected chi connectivity index (χ2v) is 6.56. The second-order valence-electron chi connectivity index (χ2n) is 6.15. The van der Waals surface area contributed by atoms with E-state index in [2.05, 4.69) is 28.8 Å². The number of benzene rings is 2. The van der Waals surface area contributed by atoms with Crippen molar-refractivity contribution in [3.05, 3.63) is 71.9 Å². The fraction of sp³-hybridized carbons (Fsp3) is 0.190. The summed E-state index contributed by atoms with van der Waals surface area (Å²) in [6.07, 6.45) is 3.70. The van der Waals surface area contributed by atoms with Gasteiger partial charge in [-0.2, -0.15) is 10.2 Å². The average Bonchev–Trinajstić information content (AvgIpc) is 3.13. The van der Waals surface area contributed by atoms with E-state index in [-0.39, 0.29) is 0 Å². The van der Waals surface area contributed by atoms with E-state index < -0.39 is 0 Å². The van der Waals surface area contributed by atoms with Gasteiger partial charge in [0.2, 0.25) is 0 Å². The summed E-state index contributed by atoms with van der Waals surface area (Å²) in [6.45, 7) is 3.27. The highest BCUT2D eigenvalue weighted by molar-refractivity contribution is 7.80. The number of ether oxygens (including phenoxy) is 1. The Labute approximate surface area is 170 Å². The monoisotopic (exact) mass is 393 g/mol.